The van der Waals surface area contributed by atoms with Crippen LogP contribution in [0.25, 0.3) is 0 Å². The van der Waals surface area contributed by atoms with Gasteiger partial charge in [-0.25, -0.2) is 17.5 Å². The van der Waals surface area contributed by atoms with E-state index < -0.39 is 27.1 Å². The third-order valence-electron chi connectivity index (χ3n) is 9.05. The molecule has 5 rings (SSSR count). The summed E-state index contributed by atoms with van der Waals surface area (Å²) in [5.41, 5.74) is 4.20. The molecular formula is C34H42Cl2FN3O3S. The highest BCUT2D eigenvalue weighted by Gasteiger charge is 2.31. The maximum atomic E-state index is 13.7. The lowest BCUT2D eigenvalue weighted by Crippen LogP contribution is -2.39. The number of halogens is 3. The van der Waals surface area contributed by atoms with Gasteiger partial charge in [0, 0.05) is 17.9 Å². The second-order valence-electron chi connectivity index (χ2n) is 12.3. The molecule has 6 nitrogen and oxygen atoms in total. The first-order valence-corrected chi connectivity index (χ1v) is 18.1. The molecule has 3 N–H and O–H groups in total. The maximum Gasteiger partial charge on any atom is 0.222 e. The highest BCUT2D eigenvalue weighted by Crippen LogP contribution is 2.32. The zero-order valence-corrected chi connectivity index (χ0v) is 27.3. The molecule has 0 bridgehead atoms. The second kappa shape index (κ2) is 15.4. The standard InChI is InChI=1S/C34H42Cl2FN3O3S/c35-30-17-15-28(20-31(30)36)44(42,43)40-33(25-11-13-27(37)14-12-25)21-34(41)39-32-9-3-8-26-19-23(10-16-29(26)32)7-4-18-38-22-24-5-1-2-6-24/h10-17,19,24,28,32-33,38,40H,1-9,18,20-22H2,(H,39,41)/t28?,32?,33-/m1/s1. The van der Waals surface area contributed by atoms with Crippen LogP contribution in [0.1, 0.15) is 92.1 Å². The summed E-state index contributed by atoms with van der Waals surface area (Å²) in [4.78, 5) is 13.4. The molecule has 3 aliphatic rings. The summed E-state index contributed by atoms with van der Waals surface area (Å²) in [5.74, 6) is 0.125. The summed E-state index contributed by atoms with van der Waals surface area (Å²) in [6.45, 7) is 2.16. The third kappa shape index (κ3) is 8.94. The number of aryl methyl sites for hydroxylation is 2. The SMILES string of the molecule is O=C(C[C@@H](NS(=O)(=O)C1C=CC(Cl)=C(Cl)C1)c1ccc(F)cc1)NC1CCCc2cc(CCCNCC3CCCC3)ccc21. The molecule has 0 aromatic heterocycles. The highest BCUT2D eigenvalue weighted by atomic mass is 35.5. The molecule has 0 heterocycles. The number of benzene rings is 2. The van der Waals surface area contributed by atoms with Crippen molar-refractivity contribution in [2.75, 3.05) is 13.1 Å². The van der Waals surface area contributed by atoms with Gasteiger partial charge in [-0.05, 0) is 104 Å². The minimum atomic E-state index is -3.94. The maximum absolute atomic E-state index is 13.7. The lowest BCUT2D eigenvalue weighted by molar-refractivity contribution is -0.122. The lowest BCUT2D eigenvalue weighted by Gasteiger charge is -2.28. The molecule has 238 valence electrons. The Morgan fingerprint density at radius 1 is 1.02 bits per heavy atom. The molecule has 0 radical (unpaired) electrons. The van der Waals surface area contributed by atoms with Gasteiger partial charge in [-0.3, -0.25) is 4.79 Å². The van der Waals surface area contributed by atoms with Crippen LogP contribution in [0.5, 0.6) is 0 Å². The van der Waals surface area contributed by atoms with Gasteiger partial charge in [-0.1, -0.05) is 72.5 Å². The molecule has 0 spiro atoms. The number of hydrogen-bond donors (Lipinski definition) is 3. The van der Waals surface area contributed by atoms with Gasteiger partial charge >= 0.3 is 0 Å². The van der Waals surface area contributed by atoms with Gasteiger partial charge < -0.3 is 10.6 Å². The van der Waals surface area contributed by atoms with Crippen LogP contribution >= 0.6 is 23.2 Å². The summed E-state index contributed by atoms with van der Waals surface area (Å²) in [5, 5.41) is 6.41. The molecule has 2 aromatic carbocycles. The van der Waals surface area contributed by atoms with Crippen LogP contribution in [0, 0.1) is 11.7 Å². The molecule has 2 unspecified atom stereocenters. The van der Waals surface area contributed by atoms with Crippen molar-refractivity contribution in [2.45, 2.75) is 88.0 Å². The van der Waals surface area contributed by atoms with Crippen molar-refractivity contribution in [3.8, 4) is 0 Å². The zero-order chi connectivity index (χ0) is 31.1. The Labute approximate surface area is 270 Å². The summed E-state index contributed by atoms with van der Waals surface area (Å²) in [6, 6.07) is 11.1. The molecule has 1 saturated carbocycles. The smallest absolute Gasteiger partial charge is 0.222 e. The Kier molecular flexibility index (Phi) is 11.6. The Bertz CT molecular complexity index is 1470. The Morgan fingerprint density at radius 3 is 2.55 bits per heavy atom. The predicted molar refractivity (Wildman–Crippen MR) is 176 cm³/mol. The van der Waals surface area contributed by atoms with Gasteiger partial charge in [-0.15, -0.1) is 0 Å². The number of sulfonamides is 1. The topological polar surface area (TPSA) is 87.3 Å². The first-order valence-electron chi connectivity index (χ1n) is 15.8. The number of nitrogens with one attached hydrogen (secondary N) is 3. The van der Waals surface area contributed by atoms with E-state index in [2.05, 4.69) is 33.6 Å². The Hall–Kier alpha value is -2.23. The number of hydrogen-bond acceptors (Lipinski definition) is 4. The van der Waals surface area contributed by atoms with Crippen LogP contribution in [0.2, 0.25) is 0 Å². The van der Waals surface area contributed by atoms with Gasteiger partial charge in [0.25, 0.3) is 0 Å². The number of carbonyl (C=O) groups excluding carboxylic acids is 1. The van der Waals surface area contributed by atoms with E-state index in [1.807, 2.05) is 0 Å². The number of carbonyl (C=O) groups is 1. The molecular weight excluding hydrogens is 620 g/mol. The third-order valence-corrected chi connectivity index (χ3v) is 11.6. The van der Waals surface area contributed by atoms with Gasteiger partial charge in [0.15, 0.2) is 0 Å². The van der Waals surface area contributed by atoms with Crippen molar-refractivity contribution in [2.24, 2.45) is 5.92 Å². The Balaban J connectivity index is 1.20. The van der Waals surface area contributed by atoms with Crippen molar-refractivity contribution < 1.29 is 17.6 Å². The fraction of sp³-hybridized carbons (Fsp3) is 0.500. The fourth-order valence-corrected chi connectivity index (χ4v) is 8.53. The molecule has 44 heavy (non-hydrogen) atoms. The summed E-state index contributed by atoms with van der Waals surface area (Å²) in [7, 11) is -3.94. The quantitative estimate of drug-likeness (QED) is 0.200. The van der Waals surface area contributed by atoms with Crippen LogP contribution in [-0.2, 0) is 27.7 Å². The minimum Gasteiger partial charge on any atom is -0.349 e. The number of fused-ring (bicyclic) bond motifs is 1. The highest BCUT2D eigenvalue weighted by molar-refractivity contribution is 7.90. The zero-order valence-electron chi connectivity index (χ0n) is 25.0. The van der Waals surface area contributed by atoms with E-state index in [9.17, 15) is 17.6 Å². The monoisotopic (exact) mass is 661 g/mol. The molecule has 3 atom stereocenters. The van der Waals surface area contributed by atoms with Crippen LogP contribution in [0.3, 0.4) is 0 Å². The molecule has 1 amide bonds. The van der Waals surface area contributed by atoms with Crippen LogP contribution in [0.15, 0.2) is 64.7 Å². The summed E-state index contributed by atoms with van der Waals surface area (Å²) in [6.07, 6.45) is 13.2. The van der Waals surface area contributed by atoms with Crippen molar-refractivity contribution in [1.29, 1.82) is 0 Å². The number of amides is 1. The molecule has 0 aliphatic heterocycles. The van der Waals surface area contributed by atoms with Gasteiger partial charge in [0.2, 0.25) is 15.9 Å². The predicted octanol–water partition coefficient (Wildman–Crippen LogP) is 7.10. The number of allylic oxidation sites excluding steroid dienone is 3. The van der Waals surface area contributed by atoms with Gasteiger partial charge in [0.1, 0.15) is 5.82 Å². The minimum absolute atomic E-state index is 0.0341. The first kappa shape index (κ1) is 33.1. The average Bonchev–Trinajstić information content (AvgIpc) is 3.52. The van der Waals surface area contributed by atoms with E-state index in [1.165, 1.54) is 73.2 Å². The van der Waals surface area contributed by atoms with E-state index in [4.69, 9.17) is 23.2 Å². The van der Waals surface area contributed by atoms with Crippen molar-refractivity contribution in [1.82, 2.24) is 15.4 Å². The summed E-state index contributed by atoms with van der Waals surface area (Å²) >= 11 is 12.2. The van der Waals surface area contributed by atoms with Gasteiger partial charge in [-0.2, -0.15) is 0 Å². The first-order chi connectivity index (χ1) is 21.2. The molecule has 10 heteroatoms. The number of rotatable bonds is 13. The van der Waals surface area contributed by atoms with Gasteiger partial charge in [0.05, 0.1) is 22.4 Å². The molecule has 1 fully saturated rings. The van der Waals surface area contributed by atoms with E-state index in [0.717, 1.165) is 56.7 Å². The average molecular weight is 663 g/mol. The van der Waals surface area contributed by atoms with E-state index in [-0.39, 0.29) is 29.8 Å². The van der Waals surface area contributed by atoms with E-state index in [1.54, 1.807) is 0 Å². The fourth-order valence-electron chi connectivity index (χ4n) is 6.60. The Morgan fingerprint density at radius 2 is 1.80 bits per heavy atom. The van der Waals surface area contributed by atoms with E-state index >= 15 is 0 Å². The molecule has 0 saturated heterocycles. The van der Waals surface area contributed by atoms with Crippen molar-refractivity contribution >= 4 is 39.1 Å². The van der Waals surface area contributed by atoms with Crippen LogP contribution in [-0.4, -0.2) is 32.7 Å². The molecule has 3 aliphatic carbocycles. The second-order valence-corrected chi connectivity index (χ2v) is 15.1. The van der Waals surface area contributed by atoms with E-state index in [0.29, 0.717) is 10.6 Å². The van der Waals surface area contributed by atoms with Crippen molar-refractivity contribution in [3.63, 3.8) is 0 Å². The molecule has 2 aromatic rings. The van der Waals surface area contributed by atoms with Crippen LogP contribution < -0.4 is 15.4 Å². The van der Waals surface area contributed by atoms with Crippen molar-refractivity contribution in [3.05, 3.63) is 92.8 Å². The summed E-state index contributed by atoms with van der Waals surface area (Å²) < 4.78 is 43.0. The normalized spacial score (nSPS) is 21.3. The lowest BCUT2D eigenvalue weighted by atomic mass is 9.86. The van der Waals surface area contributed by atoms with Crippen LogP contribution in [0.4, 0.5) is 4.39 Å². The largest absolute Gasteiger partial charge is 0.349 e.